The minimum atomic E-state index is 0.360. The fourth-order valence-electron chi connectivity index (χ4n) is 2.85. The maximum absolute atomic E-state index is 6.22. The van der Waals surface area contributed by atoms with Crippen LogP contribution >= 0.6 is 0 Å². The van der Waals surface area contributed by atoms with E-state index in [-0.39, 0.29) is 0 Å². The summed E-state index contributed by atoms with van der Waals surface area (Å²) >= 11 is 0. The molecule has 0 bridgehead atoms. The van der Waals surface area contributed by atoms with Gasteiger partial charge in [0.15, 0.2) is 0 Å². The van der Waals surface area contributed by atoms with Crippen LogP contribution < -0.4 is 10.1 Å². The maximum atomic E-state index is 6.22. The van der Waals surface area contributed by atoms with E-state index in [1.54, 1.807) is 0 Å². The van der Waals surface area contributed by atoms with Crippen molar-refractivity contribution in [3.8, 4) is 5.88 Å². The van der Waals surface area contributed by atoms with Crippen LogP contribution in [-0.4, -0.2) is 22.9 Å². The number of hydrogen-bond acceptors (Lipinski definition) is 3. The molecule has 1 aliphatic rings. The van der Waals surface area contributed by atoms with Gasteiger partial charge in [-0.05, 0) is 39.2 Å². The van der Waals surface area contributed by atoms with Gasteiger partial charge in [-0.2, -0.15) is 5.10 Å². The molecule has 0 aromatic carbocycles. The summed E-state index contributed by atoms with van der Waals surface area (Å²) in [6, 6.07) is 0. The van der Waals surface area contributed by atoms with Gasteiger partial charge in [-0.3, -0.25) is 0 Å². The van der Waals surface area contributed by atoms with Crippen LogP contribution in [0, 0.1) is 12.8 Å². The van der Waals surface area contributed by atoms with Crippen molar-refractivity contribution in [1.82, 2.24) is 15.1 Å². The van der Waals surface area contributed by atoms with E-state index in [2.05, 4.69) is 17.3 Å². The second-order valence-corrected chi connectivity index (χ2v) is 5.53. The Kier molecular flexibility index (Phi) is 4.27. The van der Waals surface area contributed by atoms with E-state index in [0.717, 1.165) is 24.0 Å². The zero-order valence-electron chi connectivity index (χ0n) is 12.0. The summed E-state index contributed by atoms with van der Waals surface area (Å²) in [6.45, 7) is 5.18. The van der Waals surface area contributed by atoms with Crippen molar-refractivity contribution in [2.75, 3.05) is 7.05 Å². The highest BCUT2D eigenvalue weighted by atomic mass is 16.5. The van der Waals surface area contributed by atoms with Crippen molar-refractivity contribution in [3.05, 3.63) is 11.3 Å². The standard InChI is InChI=1S/C14H25N3O/c1-10-6-5-7-12(8-10)18-14-13(9-15-3)11(2)16-17(14)4/h10,12,15H,5-9H2,1-4H3. The molecule has 2 unspecified atom stereocenters. The molecule has 0 aliphatic heterocycles. The predicted molar refractivity (Wildman–Crippen MR) is 72.8 cm³/mol. The molecule has 102 valence electrons. The summed E-state index contributed by atoms with van der Waals surface area (Å²) in [7, 11) is 3.92. The van der Waals surface area contributed by atoms with Gasteiger partial charge in [0, 0.05) is 13.6 Å². The Balaban J connectivity index is 2.12. The molecule has 1 fully saturated rings. The second kappa shape index (κ2) is 5.74. The minimum Gasteiger partial charge on any atom is -0.474 e. The van der Waals surface area contributed by atoms with Gasteiger partial charge in [-0.15, -0.1) is 0 Å². The summed E-state index contributed by atoms with van der Waals surface area (Å²) in [5.74, 6) is 1.73. The second-order valence-electron chi connectivity index (χ2n) is 5.53. The first-order valence-electron chi connectivity index (χ1n) is 6.95. The van der Waals surface area contributed by atoms with Crippen molar-refractivity contribution in [2.24, 2.45) is 13.0 Å². The van der Waals surface area contributed by atoms with Crippen molar-refractivity contribution in [2.45, 2.75) is 52.2 Å². The van der Waals surface area contributed by atoms with E-state index in [1.165, 1.54) is 31.2 Å². The third kappa shape index (κ3) is 2.86. The van der Waals surface area contributed by atoms with Crippen molar-refractivity contribution < 1.29 is 4.74 Å². The smallest absolute Gasteiger partial charge is 0.216 e. The first-order chi connectivity index (χ1) is 8.61. The van der Waals surface area contributed by atoms with Gasteiger partial charge < -0.3 is 10.1 Å². The van der Waals surface area contributed by atoms with Gasteiger partial charge in [0.25, 0.3) is 0 Å². The number of aryl methyl sites for hydroxylation is 2. The Morgan fingerprint density at radius 2 is 2.22 bits per heavy atom. The molecule has 1 aromatic heterocycles. The first-order valence-corrected chi connectivity index (χ1v) is 6.95. The van der Waals surface area contributed by atoms with Gasteiger partial charge in [0.05, 0.1) is 11.3 Å². The molecule has 1 aromatic rings. The number of aromatic nitrogens is 2. The molecule has 1 aliphatic carbocycles. The highest BCUT2D eigenvalue weighted by molar-refractivity contribution is 5.31. The average molecular weight is 251 g/mol. The van der Waals surface area contributed by atoms with Crippen molar-refractivity contribution in [3.63, 3.8) is 0 Å². The van der Waals surface area contributed by atoms with Crippen LogP contribution in [0.15, 0.2) is 0 Å². The summed E-state index contributed by atoms with van der Waals surface area (Å²) in [5, 5.41) is 7.66. The monoisotopic (exact) mass is 251 g/mol. The SMILES string of the molecule is CNCc1c(C)nn(C)c1OC1CCCC(C)C1. The lowest BCUT2D eigenvalue weighted by Crippen LogP contribution is -2.25. The zero-order chi connectivity index (χ0) is 13.1. The van der Waals surface area contributed by atoms with Gasteiger partial charge >= 0.3 is 0 Å². The fraction of sp³-hybridized carbons (Fsp3) is 0.786. The van der Waals surface area contributed by atoms with Crippen LogP contribution in [0.4, 0.5) is 0 Å². The van der Waals surface area contributed by atoms with E-state index in [4.69, 9.17) is 4.74 Å². The number of hydrogen-bond donors (Lipinski definition) is 1. The van der Waals surface area contributed by atoms with E-state index >= 15 is 0 Å². The Morgan fingerprint density at radius 1 is 1.44 bits per heavy atom. The van der Waals surface area contributed by atoms with E-state index in [1.807, 2.05) is 25.7 Å². The van der Waals surface area contributed by atoms with Gasteiger partial charge in [0.1, 0.15) is 6.10 Å². The molecular formula is C14H25N3O. The summed E-state index contributed by atoms with van der Waals surface area (Å²) in [4.78, 5) is 0. The third-order valence-corrected chi connectivity index (χ3v) is 3.81. The average Bonchev–Trinajstić information content (AvgIpc) is 2.57. The molecule has 2 rings (SSSR count). The van der Waals surface area contributed by atoms with Crippen molar-refractivity contribution >= 4 is 0 Å². The highest BCUT2D eigenvalue weighted by Crippen LogP contribution is 2.29. The van der Waals surface area contributed by atoms with Crippen LogP contribution in [0.5, 0.6) is 5.88 Å². The maximum Gasteiger partial charge on any atom is 0.216 e. The number of nitrogens with one attached hydrogen (secondary N) is 1. The molecule has 0 saturated heterocycles. The van der Waals surface area contributed by atoms with E-state index in [9.17, 15) is 0 Å². The van der Waals surface area contributed by atoms with Crippen LogP contribution in [0.2, 0.25) is 0 Å². The lowest BCUT2D eigenvalue weighted by molar-refractivity contribution is 0.117. The lowest BCUT2D eigenvalue weighted by Gasteiger charge is -2.27. The summed E-state index contributed by atoms with van der Waals surface area (Å²) in [6.07, 6.45) is 5.33. The molecule has 1 N–H and O–H groups in total. The van der Waals surface area contributed by atoms with E-state index in [0.29, 0.717) is 6.10 Å². The van der Waals surface area contributed by atoms with Crippen molar-refractivity contribution in [1.29, 1.82) is 0 Å². The third-order valence-electron chi connectivity index (χ3n) is 3.81. The summed E-state index contributed by atoms with van der Waals surface area (Å²) < 4.78 is 8.10. The lowest BCUT2D eigenvalue weighted by atomic mass is 9.89. The Labute approximate surface area is 110 Å². The molecule has 1 saturated carbocycles. The molecule has 0 radical (unpaired) electrons. The molecule has 2 atom stereocenters. The highest BCUT2D eigenvalue weighted by Gasteiger charge is 2.23. The predicted octanol–water partition coefficient (Wildman–Crippen LogP) is 2.41. The Hall–Kier alpha value is -1.03. The van der Waals surface area contributed by atoms with Crippen LogP contribution in [0.25, 0.3) is 0 Å². The van der Waals surface area contributed by atoms with Gasteiger partial charge in [0.2, 0.25) is 5.88 Å². The first kappa shape index (κ1) is 13.4. The topological polar surface area (TPSA) is 39.1 Å². The molecule has 18 heavy (non-hydrogen) atoms. The number of nitrogens with zero attached hydrogens (tertiary/aromatic N) is 2. The van der Waals surface area contributed by atoms with Gasteiger partial charge in [-0.1, -0.05) is 13.3 Å². The fourth-order valence-corrected chi connectivity index (χ4v) is 2.85. The molecular weight excluding hydrogens is 226 g/mol. The molecule has 0 spiro atoms. The molecule has 1 heterocycles. The van der Waals surface area contributed by atoms with Crippen LogP contribution in [0.3, 0.4) is 0 Å². The summed E-state index contributed by atoms with van der Waals surface area (Å²) in [5.41, 5.74) is 2.25. The largest absolute Gasteiger partial charge is 0.474 e. The Morgan fingerprint density at radius 3 is 2.89 bits per heavy atom. The minimum absolute atomic E-state index is 0.360. The number of ether oxygens (including phenoxy) is 1. The normalized spacial score (nSPS) is 24.2. The van der Waals surface area contributed by atoms with Gasteiger partial charge in [-0.25, -0.2) is 4.68 Å². The van der Waals surface area contributed by atoms with E-state index < -0.39 is 0 Å². The molecule has 4 heteroatoms. The quantitative estimate of drug-likeness (QED) is 0.893. The van der Waals surface area contributed by atoms with Crippen LogP contribution in [-0.2, 0) is 13.6 Å². The Bertz CT molecular complexity index is 400. The number of rotatable bonds is 4. The zero-order valence-corrected chi connectivity index (χ0v) is 12.0. The van der Waals surface area contributed by atoms with Crippen LogP contribution in [0.1, 0.15) is 43.9 Å². The molecule has 4 nitrogen and oxygen atoms in total. The molecule has 0 amide bonds.